The van der Waals surface area contributed by atoms with Crippen LogP contribution in [-0.4, -0.2) is 24.6 Å². The summed E-state index contributed by atoms with van der Waals surface area (Å²) in [4.78, 5) is 8.52. The third-order valence-electron chi connectivity index (χ3n) is 2.74. The average molecular weight is 264 g/mol. The minimum atomic E-state index is 0.463. The number of nitrogens with zero attached hydrogens (tertiary/aromatic N) is 2. The highest BCUT2D eigenvalue weighted by atomic mass is 16.5. The SMILES string of the molecule is CCCCCCNC(N)=NCc1cccc(OC)n1. The number of hydrogen-bond acceptors (Lipinski definition) is 3. The number of aliphatic imine (C=N–C) groups is 1. The van der Waals surface area contributed by atoms with Gasteiger partial charge in [-0.25, -0.2) is 9.98 Å². The fraction of sp³-hybridized carbons (Fsp3) is 0.571. The van der Waals surface area contributed by atoms with E-state index in [1.165, 1.54) is 19.3 Å². The van der Waals surface area contributed by atoms with Crippen molar-refractivity contribution < 1.29 is 4.74 Å². The number of hydrogen-bond donors (Lipinski definition) is 2. The van der Waals surface area contributed by atoms with Gasteiger partial charge >= 0.3 is 0 Å². The molecule has 0 saturated carbocycles. The Morgan fingerprint density at radius 1 is 1.37 bits per heavy atom. The number of aromatic nitrogens is 1. The molecule has 0 aliphatic heterocycles. The topological polar surface area (TPSA) is 72.5 Å². The van der Waals surface area contributed by atoms with E-state index in [-0.39, 0.29) is 0 Å². The van der Waals surface area contributed by atoms with Gasteiger partial charge in [0.05, 0.1) is 19.3 Å². The first-order valence-electron chi connectivity index (χ1n) is 6.80. The number of nitrogens with two attached hydrogens (primary N) is 1. The predicted molar refractivity (Wildman–Crippen MR) is 78.3 cm³/mol. The van der Waals surface area contributed by atoms with E-state index in [1.807, 2.05) is 18.2 Å². The lowest BCUT2D eigenvalue weighted by molar-refractivity contribution is 0.396. The van der Waals surface area contributed by atoms with Gasteiger partial charge in [-0.1, -0.05) is 32.3 Å². The van der Waals surface area contributed by atoms with Crippen LogP contribution in [0.25, 0.3) is 0 Å². The second-order valence-electron chi connectivity index (χ2n) is 4.36. The van der Waals surface area contributed by atoms with Gasteiger partial charge in [-0.15, -0.1) is 0 Å². The van der Waals surface area contributed by atoms with Crippen LogP contribution in [0, 0.1) is 0 Å². The Bertz CT molecular complexity index is 393. The molecule has 0 aliphatic rings. The number of pyridine rings is 1. The largest absolute Gasteiger partial charge is 0.481 e. The fourth-order valence-electron chi connectivity index (χ4n) is 1.65. The third kappa shape index (κ3) is 6.64. The van der Waals surface area contributed by atoms with Crippen LogP contribution in [-0.2, 0) is 6.54 Å². The number of guanidine groups is 1. The summed E-state index contributed by atoms with van der Waals surface area (Å²) in [5.41, 5.74) is 6.63. The number of ether oxygens (including phenoxy) is 1. The molecule has 5 heteroatoms. The maximum absolute atomic E-state index is 5.79. The zero-order chi connectivity index (χ0) is 13.9. The standard InChI is InChI=1S/C14H24N4O/c1-3-4-5-6-10-16-14(15)17-11-12-8-7-9-13(18-12)19-2/h7-9H,3-6,10-11H2,1-2H3,(H3,15,16,17). The van der Waals surface area contributed by atoms with Crippen molar-refractivity contribution in [2.45, 2.75) is 39.2 Å². The first kappa shape index (κ1) is 15.3. The summed E-state index contributed by atoms with van der Waals surface area (Å²) in [7, 11) is 1.60. The van der Waals surface area contributed by atoms with E-state index >= 15 is 0 Å². The first-order valence-corrected chi connectivity index (χ1v) is 6.80. The van der Waals surface area contributed by atoms with Crippen LogP contribution in [0.1, 0.15) is 38.3 Å². The Hall–Kier alpha value is -1.78. The van der Waals surface area contributed by atoms with E-state index in [1.54, 1.807) is 7.11 Å². The van der Waals surface area contributed by atoms with Crippen molar-refractivity contribution in [3.05, 3.63) is 23.9 Å². The molecule has 1 aromatic rings. The molecule has 3 N–H and O–H groups in total. The van der Waals surface area contributed by atoms with Crippen LogP contribution in [0.2, 0.25) is 0 Å². The van der Waals surface area contributed by atoms with Gasteiger partial charge in [0.2, 0.25) is 5.88 Å². The van der Waals surface area contributed by atoms with Crippen LogP contribution >= 0.6 is 0 Å². The number of unbranched alkanes of at least 4 members (excludes halogenated alkanes) is 3. The molecule has 1 aromatic heterocycles. The maximum atomic E-state index is 5.79. The molecule has 5 nitrogen and oxygen atoms in total. The van der Waals surface area contributed by atoms with Crippen LogP contribution in [0.3, 0.4) is 0 Å². The lowest BCUT2D eigenvalue weighted by atomic mass is 10.2. The molecule has 0 amide bonds. The van der Waals surface area contributed by atoms with Crippen molar-refractivity contribution >= 4 is 5.96 Å². The molecule has 1 heterocycles. The van der Waals surface area contributed by atoms with Crippen molar-refractivity contribution in [2.75, 3.05) is 13.7 Å². The van der Waals surface area contributed by atoms with Crippen molar-refractivity contribution in [2.24, 2.45) is 10.7 Å². The van der Waals surface area contributed by atoms with E-state index in [2.05, 4.69) is 22.2 Å². The Morgan fingerprint density at radius 2 is 2.21 bits per heavy atom. The van der Waals surface area contributed by atoms with Gasteiger partial charge in [-0.3, -0.25) is 0 Å². The Morgan fingerprint density at radius 3 is 2.95 bits per heavy atom. The molecule has 0 aliphatic carbocycles. The van der Waals surface area contributed by atoms with E-state index in [4.69, 9.17) is 10.5 Å². The van der Waals surface area contributed by atoms with Gasteiger partial charge in [0.25, 0.3) is 0 Å². The minimum Gasteiger partial charge on any atom is -0.481 e. The summed E-state index contributed by atoms with van der Waals surface area (Å²) < 4.78 is 5.06. The molecule has 19 heavy (non-hydrogen) atoms. The van der Waals surface area contributed by atoms with Crippen LogP contribution in [0.15, 0.2) is 23.2 Å². The molecule has 0 aromatic carbocycles. The highest BCUT2D eigenvalue weighted by molar-refractivity contribution is 5.77. The van der Waals surface area contributed by atoms with Crippen LogP contribution in [0.4, 0.5) is 0 Å². The van der Waals surface area contributed by atoms with Gasteiger partial charge < -0.3 is 15.8 Å². The fourth-order valence-corrected chi connectivity index (χ4v) is 1.65. The van der Waals surface area contributed by atoms with Crippen molar-refractivity contribution in [3.8, 4) is 5.88 Å². The molecule has 0 radical (unpaired) electrons. The number of nitrogens with one attached hydrogen (secondary N) is 1. The molecule has 0 bridgehead atoms. The molecule has 0 spiro atoms. The van der Waals surface area contributed by atoms with Gasteiger partial charge in [0.1, 0.15) is 0 Å². The first-order chi connectivity index (χ1) is 9.26. The molecular weight excluding hydrogens is 240 g/mol. The van der Waals surface area contributed by atoms with Crippen LogP contribution in [0.5, 0.6) is 5.88 Å². The predicted octanol–water partition coefficient (Wildman–Crippen LogP) is 2.07. The minimum absolute atomic E-state index is 0.463. The second-order valence-corrected chi connectivity index (χ2v) is 4.36. The van der Waals surface area contributed by atoms with E-state index in [0.29, 0.717) is 18.4 Å². The van der Waals surface area contributed by atoms with E-state index in [9.17, 15) is 0 Å². The van der Waals surface area contributed by atoms with Crippen LogP contribution < -0.4 is 15.8 Å². The summed E-state index contributed by atoms with van der Waals surface area (Å²) in [5, 5.41) is 3.11. The number of methoxy groups -OCH3 is 1. The van der Waals surface area contributed by atoms with Crippen molar-refractivity contribution in [1.29, 1.82) is 0 Å². The second kappa shape index (κ2) is 9.19. The molecular formula is C14H24N4O. The Balaban J connectivity index is 2.30. The zero-order valence-corrected chi connectivity index (χ0v) is 11.9. The number of rotatable bonds is 8. The maximum Gasteiger partial charge on any atom is 0.213 e. The summed E-state index contributed by atoms with van der Waals surface area (Å²) in [6.07, 6.45) is 4.87. The van der Waals surface area contributed by atoms with Gasteiger partial charge in [0.15, 0.2) is 5.96 Å². The lowest BCUT2D eigenvalue weighted by Gasteiger charge is -2.05. The molecule has 0 fully saturated rings. The molecule has 0 saturated heterocycles. The lowest BCUT2D eigenvalue weighted by Crippen LogP contribution is -2.32. The molecule has 1 rings (SSSR count). The summed E-state index contributed by atoms with van der Waals surface area (Å²) in [6.45, 7) is 3.54. The average Bonchev–Trinajstić information content (AvgIpc) is 2.45. The van der Waals surface area contributed by atoms with Gasteiger partial charge in [-0.05, 0) is 12.5 Å². The summed E-state index contributed by atoms with van der Waals surface area (Å²) >= 11 is 0. The normalized spacial score (nSPS) is 11.4. The molecule has 0 atom stereocenters. The third-order valence-corrected chi connectivity index (χ3v) is 2.74. The Labute approximate surface area is 115 Å². The van der Waals surface area contributed by atoms with Crippen molar-refractivity contribution in [3.63, 3.8) is 0 Å². The monoisotopic (exact) mass is 264 g/mol. The molecule has 106 valence electrons. The van der Waals surface area contributed by atoms with Crippen molar-refractivity contribution in [1.82, 2.24) is 10.3 Å². The smallest absolute Gasteiger partial charge is 0.213 e. The quantitative estimate of drug-likeness (QED) is 0.428. The summed E-state index contributed by atoms with van der Waals surface area (Å²) in [6, 6.07) is 5.61. The summed E-state index contributed by atoms with van der Waals surface area (Å²) in [5.74, 6) is 1.07. The van der Waals surface area contributed by atoms with Gasteiger partial charge in [-0.2, -0.15) is 0 Å². The van der Waals surface area contributed by atoms with E-state index < -0.39 is 0 Å². The molecule has 0 unspecified atom stereocenters. The van der Waals surface area contributed by atoms with Gasteiger partial charge in [0, 0.05) is 12.6 Å². The van der Waals surface area contributed by atoms with E-state index in [0.717, 1.165) is 18.7 Å². The zero-order valence-electron chi connectivity index (χ0n) is 11.9. The Kier molecular flexibility index (Phi) is 7.39. The highest BCUT2D eigenvalue weighted by Crippen LogP contribution is 2.07. The highest BCUT2D eigenvalue weighted by Gasteiger charge is 1.97.